The van der Waals surface area contributed by atoms with Crippen molar-refractivity contribution in [2.75, 3.05) is 39.3 Å². The number of carbonyl (C=O) groups excluding carboxylic acids is 1. The van der Waals surface area contributed by atoms with Crippen LogP contribution in [0.5, 0.6) is 0 Å². The Bertz CT molecular complexity index is 1100. The zero-order valence-corrected chi connectivity index (χ0v) is 19.6. The van der Waals surface area contributed by atoms with Gasteiger partial charge in [0.1, 0.15) is 0 Å². The standard InChI is InChI=1S/C26H35N5O2/c1-2-30-23-11-6-7-12-24(23)31(26(30)33)16-13-25(32)27-14-8-15-28-17-19-29(20-18-28)21-22-9-4-3-5-10-22/h3-7,9-12H,2,8,13-21H2,1H3,(H,27,32). The van der Waals surface area contributed by atoms with Gasteiger partial charge in [0.05, 0.1) is 11.0 Å². The number of carbonyl (C=O) groups is 1. The number of rotatable bonds is 10. The van der Waals surface area contributed by atoms with Crippen molar-refractivity contribution in [1.82, 2.24) is 24.3 Å². The molecule has 4 rings (SSSR count). The van der Waals surface area contributed by atoms with Crippen molar-refractivity contribution in [2.45, 2.75) is 39.4 Å². The second kappa shape index (κ2) is 11.3. The highest BCUT2D eigenvalue weighted by Crippen LogP contribution is 2.13. The van der Waals surface area contributed by atoms with Gasteiger partial charge in [-0.2, -0.15) is 0 Å². The van der Waals surface area contributed by atoms with Crippen LogP contribution in [-0.2, 0) is 24.4 Å². The van der Waals surface area contributed by atoms with Gasteiger partial charge in [-0.15, -0.1) is 0 Å². The maximum absolute atomic E-state index is 12.7. The molecule has 7 heteroatoms. The molecule has 1 saturated heterocycles. The third kappa shape index (κ3) is 5.92. The molecule has 1 fully saturated rings. The fraction of sp³-hybridized carbons (Fsp3) is 0.462. The highest BCUT2D eigenvalue weighted by Gasteiger charge is 2.17. The van der Waals surface area contributed by atoms with E-state index >= 15 is 0 Å². The molecule has 0 atom stereocenters. The van der Waals surface area contributed by atoms with Gasteiger partial charge in [0.2, 0.25) is 5.91 Å². The third-order valence-corrected chi connectivity index (χ3v) is 6.49. The fourth-order valence-electron chi connectivity index (χ4n) is 4.64. The van der Waals surface area contributed by atoms with E-state index in [-0.39, 0.29) is 11.6 Å². The van der Waals surface area contributed by atoms with Crippen LogP contribution in [0.15, 0.2) is 59.4 Å². The number of nitrogens with zero attached hydrogens (tertiary/aromatic N) is 4. The number of piperazine rings is 1. The molecule has 1 amide bonds. The molecule has 176 valence electrons. The molecule has 33 heavy (non-hydrogen) atoms. The third-order valence-electron chi connectivity index (χ3n) is 6.49. The SMILES string of the molecule is CCn1c(=O)n(CCC(=O)NCCCN2CCN(Cc3ccccc3)CC2)c2ccccc21. The highest BCUT2D eigenvalue weighted by molar-refractivity contribution is 5.77. The number of hydrogen-bond donors (Lipinski definition) is 1. The van der Waals surface area contributed by atoms with Crippen LogP contribution < -0.4 is 11.0 Å². The summed E-state index contributed by atoms with van der Waals surface area (Å²) >= 11 is 0. The minimum absolute atomic E-state index is 0.00269. The average molecular weight is 450 g/mol. The van der Waals surface area contributed by atoms with E-state index in [1.807, 2.05) is 31.2 Å². The largest absolute Gasteiger partial charge is 0.356 e. The van der Waals surface area contributed by atoms with Gasteiger partial charge in [-0.3, -0.25) is 18.8 Å². The van der Waals surface area contributed by atoms with Gasteiger partial charge < -0.3 is 10.2 Å². The van der Waals surface area contributed by atoms with Gasteiger partial charge in [-0.25, -0.2) is 4.79 Å². The van der Waals surface area contributed by atoms with Crippen molar-refractivity contribution in [3.8, 4) is 0 Å². The molecule has 0 unspecified atom stereocenters. The van der Waals surface area contributed by atoms with Gasteiger partial charge in [0.25, 0.3) is 0 Å². The molecule has 0 aliphatic carbocycles. The molecule has 0 radical (unpaired) electrons. The molecule has 0 bridgehead atoms. The lowest BCUT2D eigenvalue weighted by Gasteiger charge is -2.34. The Hall–Kier alpha value is -2.90. The summed E-state index contributed by atoms with van der Waals surface area (Å²) < 4.78 is 3.47. The van der Waals surface area contributed by atoms with Gasteiger partial charge in [-0.1, -0.05) is 42.5 Å². The Morgan fingerprint density at radius 2 is 1.48 bits per heavy atom. The van der Waals surface area contributed by atoms with Crippen LogP contribution in [0.4, 0.5) is 0 Å². The van der Waals surface area contributed by atoms with E-state index in [1.54, 1.807) is 9.13 Å². The molecule has 3 aromatic rings. The van der Waals surface area contributed by atoms with E-state index in [4.69, 9.17) is 0 Å². The maximum Gasteiger partial charge on any atom is 0.329 e. The van der Waals surface area contributed by atoms with Crippen LogP contribution in [0.3, 0.4) is 0 Å². The summed E-state index contributed by atoms with van der Waals surface area (Å²) in [6.07, 6.45) is 1.26. The monoisotopic (exact) mass is 449 g/mol. The second-order valence-corrected chi connectivity index (χ2v) is 8.72. The number of imidazole rings is 1. The summed E-state index contributed by atoms with van der Waals surface area (Å²) in [5.41, 5.74) is 3.14. The number of aromatic nitrogens is 2. The Balaban J connectivity index is 1.15. The van der Waals surface area contributed by atoms with Crippen molar-refractivity contribution < 1.29 is 4.79 Å². The fourth-order valence-corrected chi connectivity index (χ4v) is 4.64. The summed E-state index contributed by atoms with van der Waals surface area (Å²) in [5, 5.41) is 3.02. The first-order valence-electron chi connectivity index (χ1n) is 12.1. The van der Waals surface area contributed by atoms with Gasteiger partial charge in [0, 0.05) is 58.8 Å². The Morgan fingerprint density at radius 3 is 2.18 bits per heavy atom. The first-order chi connectivity index (χ1) is 16.2. The summed E-state index contributed by atoms with van der Waals surface area (Å²) in [5.74, 6) is 0.00269. The lowest BCUT2D eigenvalue weighted by atomic mass is 10.2. The molecule has 1 aromatic heterocycles. The molecule has 2 heterocycles. The van der Waals surface area contributed by atoms with Crippen LogP contribution in [-0.4, -0.2) is 64.1 Å². The number of aryl methyl sites for hydroxylation is 2. The van der Waals surface area contributed by atoms with Crippen molar-refractivity contribution >= 4 is 16.9 Å². The smallest absolute Gasteiger partial charge is 0.329 e. The number of hydrogen-bond acceptors (Lipinski definition) is 4. The van der Waals surface area contributed by atoms with Crippen LogP contribution in [0.25, 0.3) is 11.0 Å². The molecule has 7 nitrogen and oxygen atoms in total. The van der Waals surface area contributed by atoms with E-state index in [0.29, 0.717) is 26.1 Å². The first-order valence-corrected chi connectivity index (χ1v) is 12.1. The van der Waals surface area contributed by atoms with Crippen molar-refractivity contribution in [3.63, 3.8) is 0 Å². The van der Waals surface area contributed by atoms with E-state index in [1.165, 1.54) is 5.56 Å². The predicted octanol–water partition coefficient (Wildman–Crippen LogP) is 2.54. The quantitative estimate of drug-likeness (QED) is 0.483. The lowest BCUT2D eigenvalue weighted by molar-refractivity contribution is -0.121. The summed E-state index contributed by atoms with van der Waals surface area (Å²) in [6, 6.07) is 18.4. The minimum Gasteiger partial charge on any atom is -0.356 e. The van der Waals surface area contributed by atoms with Crippen molar-refractivity contribution in [1.29, 1.82) is 0 Å². The molecule has 1 N–H and O–H groups in total. The van der Waals surface area contributed by atoms with E-state index in [2.05, 4.69) is 45.4 Å². The average Bonchev–Trinajstić information content (AvgIpc) is 3.12. The van der Waals surface area contributed by atoms with Crippen molar-refractivity contribution in [2.24, 2.45) is 0 Å². The molecule has 1 aliphatic heterocycles. The van der Waals surface area contributed by atoms with E-state index in [9.17, 15) is 9.59 Å². The normalized spacial score (nSPS) is 15.2. The van der Waals surface area contributed by atoms with Crippen molar-refractivity contribution in [3.05, 3.63) is 70.6 Å². The first kappa shape index (κ1) is 23.3. The highest BCUT2D eigenvalue weighted by atomic mass is 16.2. The molecular weight excluding hydrogens is 414 g/mol. The maximum atomic E-state index is 12.7. The minimum atomic E-state index is -0.0436. The van der Waals surface area contributed by atoms with Gasteiger partial charge in [0.15, 0.2) is 0 Å². The Kier molecular flexibility index (Phi) is 7.96. The van der Waals surface area contributed by atoms with Crippen LogP contribution in [0.2, 0.25) is 0 Å². The Labute approximate surface area is 195 Å². The lowest BCUT2D eigenvalue weighted by Crippen LogP contribution is -2.46. The summed E-state index contributed by atoms with van der Waals surface area (Å²) in [4.78, 5) is 30.0. The molecular formula is C26H35N5O2. The Morgan fingerprint density at radius 1 is 0.848 bits per heavy atom. The van der Waals surface area contributed by atoms with Crippen LogP contribution in [0, 0.1) is 0 Å². The molecule has 0 spiro atoms. The number of amides is 1. The van der Waals surface area contributed by atoms with E-state index < -0.39 is 0 Å². The summed E-state index contributed by atoms with van der Waals surface area (Å²) in [7, 11) is 0. The van der Waals surface area contributed by atoms with Gasteiger partial charge >= 0.3 is 5.69 Å². The predicted molar refractivity (Wildman–Crippen MR) is 132 cm³/mol. The molecule has 0 saturated carbocycles. The van der Waals surface area contributed by atoms with Crippen LogP contribution in [0.1, 0.15) is 25.3 Å². The van der Waals surface area contributed by atoms with Gasteiger partial charge in [-0.05, 0) is 37.6 Å². The van der Waals surface area contributed by atoms with Crippen LogP contribution >= 0.6 is 0 Å². The number of benzene rings is 2. The number of nitrogens with one attached hydrogen (secondary N) is 1. The topological polar surface area (TPSA) is 62.5 Å². The zero-order valence-electron chi connectivity index (χ0n) is 19.6. The number of para-hydroxylation sites is 2. The summed E-state index contributed by atoms with van der Waals surface area (Å²) in [6.45, 7) is 10.0. The van der Waals surface area contributed by atoms with E-state index in [0.717, 1.165) is 56.7 Å². The molecule has 1 aliphatic rings. The number of fused-ring (bicyclic) bond motifs is 1. The molecule has 2 aromatic carbocycles. The second-order valence-electron chi connectivity index (χ2n) is 8.72. The zero-order chi connectivity index (χ0) is 23.0.